The van der Waals surface area contributed by atoms with E-state index in [1.54, 1.807) is 13.4 Å². The van der Waals surface area contributed by atoms with Crippen molar-refractivity contribution < 1.29 is 14.2 Å². The van der Waals surface area contributed by atoms with Crippen molar-refractivity contribution in [2.75, 3.05) is 13.7 Å². The molecule has 0 bridgehead atoms. The molecule has 4 aromatic rings. The molecule has 188 valence electrons. The van der Waals surface area contributed by atoms with E-state index in [0.29, 0.717) is 36.8 Å². The van der Waals surface area contributed by atoms with E-state index in [9.17, 15) is 0 Å². The van der Waals surface area contributed by atoms with Crippen molar-refractivity contribution in [3.05, 3.63) is 60.2 Å². The molecule has 1 saturated carbocycles. The number of ether oxygens (including phenoxy) is 3. The van der Waals surface area contributed by atoms with E-state index in [-0.39, 0.29) is 0 Å². The second kappa shape index (κ2) is 10.4. The van der Waals surface area contributed by atoms with Crippen LogP contribution in [0.3, 0.4) is 0 Å². The first-order valence-corrected chi connectivity index (χ1v) is 16.1. The Hall–Kier alpha value is -3.30. The lowest BCUT2D eigenvalue weighted by Crippen LogP contribution is -2.22. The number of fused-ring (bicyclic) bond motifs is 1. The van der Waals surface area contributed by atoms with Crippen molar-refractivity contribution in [1.82, 2.24) is 24.5 Å². The molecule has 3 heterocycles. The summed E-state index contributed by atoms with van der Waals surface area (Å²) < 4.78 is 20.0. The summed E-state index contributed by atoms with van der Waals surface area (Å²) in [5, 5.41) is 0. The van der Waals surface area contributed by atoms with Gasteiger partial charge in [0, 0.05) is 26.8 Å². The summed E-state index contributed by atoms with van der Waals surface area (Å²) in [5.41, 5.74) is 4.34. The SMILES string of the molecule is COc1ncnc(C2CC2)c1-c1nc(OCc2ccccc2)c2c(ccn2COCC[Si](C)(C)C)n1. The van der Waals surface area contributed by atoms with Crippen LogP contribution in [0.2, 0.25) is 25.7 Å². The van der Waals surface area contributed by atoms with Crippen LogP contribution in [0.1, 0.15) is 30.0 Å². The molecule has 0 N–H and O–H groups in total. The largest absolute Gasteiger partial charge is 0.480 e. The number of benzene rings is 1. The molecule has 9 heteroatoms. The molecule has 1 aliphatic rings. The normalized spacial score (nSPS) is 13.8. The standard InChI is InChI=1S/C27H33N5O3Si/c1-33-26-22(23(20-10-11-20)28-17-29-26)25-30-21-12-13-32(18-34-14-15-36(2,3)4)24(21)27(31-25)35-16-19-8-6-5-7-9-19/h5-9,12-13,17,20H,10-11,14-16,18H2,1-4H3. The third-order valence-electron chi connectivity index (χ3n) is 6.25. The molecule has 0 radical (unpaired) electrons. The molecule has 0 aliphatic heterocycles. The average molecular weight is 504 g/mol. The molecular formula is C27H33N5O3Si. The van der Waals surface area contributed by atoms with Crippen LogP contribution >= 0.6 is 0 Å². The molecule has 5 rings (SSSR count). The first-order chi connectivity index (χ1) is 17.4. The van der Waals surface area contributed by atoms with E-state index in [2.05, 4.69) is 29.6 Å². The van der Waals surface area contributed by atoms with Crippen molar-refractivity contribution in [3.63, 3.8) is 0 Å². The molecule has 1 fully saturated rings. The fourth-order valence-electron chi connectivity index (χ4n) is 4.07. The molecule has 0 saturated heterocycles. The zero-order valence-corrected chi connectivity index (χ0v) is 22.4. The van der Waals surface area contributed by atoms with Crippen LogP contribution in [-0.4, -0.2) is 46.3 Å². The fraction of sp³-hybridized carbons (Fsp3) is 0.407. The predicted octanol–water partition coefficient (Wildman–Crippen LogP) is 5.67. The minimum absolute atomic E-state index is 0.384. The Labute approximate surface area is 212 Å². The molecule has 3 aromatic heterocycles. The van der Waals surface area contributed by atoms with Gasteiger partial charge in [0.25, 0.3) is 0 Å². The van der Waals surface area contributed by atoms with Gasteiger partial charge >= 0.3 is 0 Å². The van der Waals surface area contributed by atoms with Crippen LogP contribution in [0.15, 0.2) is 48.9 Å². The fourth-order valence-corrected chi connectivity index (χ4v) is 4.83. The van der Waals surface area contributed by atoms with Gasteiger partial charge in [-0.2, -0.15) is 4.98 Å². The smallest absolute Gasteiger partial charge is 0.242 e. The molecule has 0 atom stereocenters. The maximum absolute atomic E-state index is 6.31. The Morgan fingerprint density at radius 2 is 1.81 bits per heavy atom. The number of methoxy groups -OCH3 is 1. The third-order valence-corrected chi connectivity index (χ3v) is 7.95. The highest BCUT2D eigenvalue weighted by atomic mass is 28.3. The third kappa shape index (κ3) is 5.57. The van der Waals surface area contributed by atoms with Gasteiger partial charge in [-0.05, 0) is 30.5 Å². The average Bonchev–Trinajstić information content (AvgIpc) is 3.65. The zero-order chi connectivity index (χ0) is 25.1. The van der Waals surface area contributed by atoms with E-state index < -0.39 is 8.07 Å². The summed E-state index contributed by atoms with van der Waals surface area (Å²) in [6.45, 7) is 8.60. The van der Waals surface area contributed by atoms with Gasteiger partial charge in [-0.1, -0.05) is 50.0 Å². The Kier molecular flexibility index (Phi) is 7.02. The molecule has 0 spiro atoms. The van der Waals surface area contributed by atoms with Gasteiger partial charge in [0.1, 0.15) is 30.7 Å². The molecular weight excluding hydrogens is 470 g/mol. The number of aromatic nitrogens is 5. The maximum Gasteiger partial charge on any atom is 0.242 e. The van der Waals surface area contributed by atoms with Gasteiger partial charge in [-0.15, -0.1) is 0 Å². The van der Waals surface area contributed by atoms with E-state index in [1.807, 2.05) is 47.2 Å². The highest BCUT2D eigenvalue weighted by Crippen LogP contribution is 2.45. The summed E-state index contributed by atoms with van der Waals surface area (Å²) in [6, 6.07) is 13.2. The lowest BCUT2D eigenvalue weighted by Gasteiger charge is -2.16. The molecule has 1 aromatic carbocycles. The first kappa shape index (κ1) is 24.4. The number of hydrogen-bond acceptors (Lipinski definition) is 7. The lowest BCUT2D eigenvalue weighted by molar-refractivity contribution is 0.0898. The Balaban J connectivity index is 1.53. The summed E-state index contributed by atoms with van der Waals surface area (Å²) in [5.74, 6) is 1.89. The van der Waals surface area contributed by atoms with Gasteiger partial charge in [0.15, 0.2) is 5.82 Å². The second-order valence-electron chi connectivity index (χ2n) is 10.4. The molecule has 36 heavy (non-hydrogen) atoms. The van der Waals surface area contributed by atoms with Gasteiger partial charge in [-0.25, -0.2) is 15.0 Å². The topological polar surface area (TPSA) is 84.2 Å². The minimum Gasteiger partial charge on any atom is -0.480 e. The number of hydrogen-bond donors (Lipinski definition) is 0. The molecule has 0 unspecified atom stereocenters. The lowest BCUT2D eigenvalue weighted by atomic mass is 10.1. The van der Waals surface area contributed by atoms with Crippen molar-refractivity contribution in [2.45, 2.75) is 57.8 Å². The zero-order valence-electron chi connectivity index (χ0n) is 21.4. The second-order valence-corrected chi connectivity index (χ2v) is 16.0. The number of rotatable bonds is 11. The Morgan fingerprint density at radius 1 is 1.00 bits per heavy atom. The first-order valence-electron chi connectivity index (χ1n) is 12.4. The van der Waals surface area contributed by atoms with Crippen LogP contribution in [0.4, 0.5) is 0 Å². The van der Waals surface area contributed by atoms with Crippen LogP contribution < -0.4 is 9.47 Å². The van der Waals surface area contributed by atoms with Crippen LogP contribution in [0.25, 0.3) is 22.4 Å². The Morgan fingerprint density at radius 3 is 2.53 bits per heavy atom. The van der Waals surface area contributed by atoms with Gasteiger partial charge < -0.3 is 18.8 Å². The molecule has 0 amide bonds. The van der Waals surface area contributed by atoms with Crippen LogP contribution in [-0.2, 0) is 18.1 Å². The van der Waals surface area contributed by atoms with Crippen LogP contribution in [0.5, 0.6) is 11.8 Å². The monoisotopic (exact) mass is 503 g/mol. The van der Waals surface area contributed by atoms with Crippen LogP contribution in [0, 0.1) is 0 Å². The molecule has 8 nitrogen and oxygen atoms in total. The van der Waals surface area contributed by atoms with E-state index in [0.717, 1.165) is 53.3 Å². The highest BCUT2D eigenvalue weighted by molar-refractivity contribution is 6.76. The van der Waals surface area contributed by atoms with E-state index >= 15 is 0 Å². The van der Waals surface area contributed by atoms with Crippen molar-refractivity contribution in [3.8, 4) is 23.1 Å². The molecule has 1 aliphatic carbocycles. The Bertz CT molecular complexity index is 1330. The van der Waals surface area contributed by atoms with Crippen molar-refractivity contribution >= 4 is 19.1 Å². The highest BCUT2D eigenvalue weighted by Gasteiger charge is 2.32. The van der Waals surface area contributed by atoms with E-state index in [1.165, 1.54) is 0 Å². The van der Waals surface area contributed by atoms with Gasteiger partial charge in [0.2, 0.25) is 11.8 Å². The maximum atomic E-state index is 6.31. The van der Waals surface area contributed by atoms with Crippen molar-refractivity contribution in [1.29, 1.82) is 0 Å². The number of nitrogens with zero attached hydrogens (tertiary/aromatic N) is 5. The summed E-state index contributed by atoms with van der Waals surface area (Å²) in [6.07, 6.45) is 5.72. The quantitative estimate of drug-likeness (QED) is 0.193. The van der Waals surface area contributed by atoms with Crippen molar-refractivity contribution in [2.24, 2.45) is 0 Å². The van der Waals surface area contributed by atoms with Gasteiger partial charge in [0.05, 0.1) is 18.3 Å². The minimum atomic E-state index is -1.17. The predicted molar refractivity (Wildman–Crippen MR) is 142 cm³/mol. The van der Waals surface area contributed by atoms with Gasteiger partial charge in [-0.3, -0.25) is 0 Å². The summed E-state index contributed by atoms with van der Waals surface area (Å²) in [4.78, 5) is 18.7. The van der Waals surface area contributed by atoms with E-state index in [4.69, 9.17) is 24.2 Å². The summed E-state index contributed by atoms with van der Waals surface area (Å²) >= 11 is 0. The summed E-state index contributed by atoms with van der Waals surface area (Å²) in [7, 11) is 0.448.